The quantitative estimate of drug-likeness (QED) is 0.524. The van der Waals surface area contributed by atoms with Crippen LogP contribution in [0.25, 0.3) is 17.0 Å². The molecule has 0 radical (unpaired) electrons. The van der Waals surface area contributed by atoms with E-state index in [-0.39, 0.29) is 17.9 Å². The lowest BCUT2D eigenvalue weighted by Gasteiger charge is -2.26. The first kappa shape index (κ1) is 21.2. The van der Waals surface area contributed by atoms with Crippen LogP contribution in [0.15, 0.2) is 30.5 Å². The Kier molecular flexibility index (Phi) is 5.21. The van der Waals surface area contributed by atoms with Gasteiger partial charge in [-0.25, -0.2) is 18.9 Å². The number of imidazole rings is 1. The molecule has 8 nitrogen and oxygen atoms in total. The van der Waals surface area contributed by atoms with E-state index in [1.165, 1.54) is 19.4 Å². The summed E-state index contributed by atoms with van der Waals surface area (Å²) in [5, 5.41) is 20.1. The molecule has 0 bridgehead atoms. The van der Waals surface area contributed by atoms with Gasteiger partial charge >= 0.3 is 6.18 Å². The van der Waals surface area contributed by atoms with Crippen molar-refractivity contribution >= 4 is 11.5 Å². The molecule has 0 aliphatic carbocycles. The Bertz CT molecular complexity index is 1100. The van der Waals surface area contributed by atoms with E-state index in [1.54, 1.807) is 18.2 Å². The summed E-state index contributed by atoms with van der Waals surface area (Å²) in [5.41, 5.74) is -3.11. The summed E-state index contributed by atoms with van der Waals surface area (Å²) in [6.07, 6.45) is -4.65. The van der Waals surface area contributed by atoms with Gasteiger partial charge in [-0.05, 0) is 19.1 Å². The minimum Gasteiger partial charge on any atom is -0.495 e. The van der Waals surface area contributed by atoms with E-state index in [4.69, 9.17) is 4.74 Å². The highest BCUT2D eigenvalue weighted by molar-refractivity contribution is 5.62. The molecule has 0 aromatic carbocycles. The van der Waals surface area contributed by atoms with Gasteiger partial charge in [0.15, 0.2) is 5.65 Å². The van der Waals surface area contributed by atoms with E-state index in [1.807, 2.05) is 0 Å². The van der Waals surface area contributed by atoms with Crippen LogP contribution >= 0.6 is 0 Å². The second-order valence-electron chi connectivity index (χ2n) is 7.38. The minimum atomic E-state index is -4.98. The highest BCUT2D eigenvalue weighted by atomic mass is 19.4. The lowest BCUT2D eigenvalue weighted by molar-refractivity contribution is -0.261. The molecule has 0 spiro atoms. The van der Waals surface area contributed by atoms with Gasteiger partial charge < -0.3 is 20.5 Å². The predicted octanol–water partition coefficient (Wildman–Crippen LogP) is 2.29. The summed E-state index contributed by atoms with van der Waals surface area (Å²) in [4.78, 5) is 8.59. The molecule has 1 aliphatic heterocycles. The third kappa shape index (κ3) is 3.76. The first-order chi connectivity index (χ1) is 14.6. The summed E-state index contributed by atoms with van der Waals surface area (Å²) >= 11 is 0. The van der Waals surface area contributed by atoms with Crippen molar-refractivity contribution in [2.24, 2.45) is 0 Å². The number of fused-ring (bicyclic) bond motifs is 1. The molecular weight excluding hydrogens is 420 g/mol. The molecule has 4 rings (SSSR count). The fourth-order valence-corrected chi connectivity index (χ4v) is 3.34. The maximum absolute atomic E-state index is 13.9. The SMILES string of the molecule is COc1cc2ncc(-c3cccc(N[C@H]4CNC[C@@H]4F)n3)n2nc1C(C)(O)C(F)(F)F. The number of alkyl halides is 4. The average Bonchev–Trinajstić information content (AvgIpc) is 3.32. The summed E-state index contributed by atoms with van der Waals surface area (Å²) in [5.74, 6) is 0.151. The van der Waals surface area contributed by atoms with Crippen molar-refractivity contribution in [1.29, 1.82) is 0 Å². The fraction of sp³-hybridized carbons (Fsp3) is 0.421. The highest BCUT2D eigenvalue weighted by Gasteiger charge is 2.54. The summed E-state index contributed by atoms with van der Waals surface area (Å²) < 4.78 is 60.3. The van der Waals surface area contributed by atoms with Crippen LogP contribution in [0.5, 0.6) is 5.75 Å². The van der Waals surface area contributed by atoms with Gasteiger partial charge in [0, 0.05) is 19.2 Å². The third-order valence-corrected chi connectivity index (χ3v) is 5.18. The Morgan fingerprint density at radius 3 is 2.71 bits per heavy atom. The molecule has 1 fully saturated rings. The number of aromatic nitrogens is 4. The van der Waals surface area contributed by atoms with Crippen LogP contribution in [0.3, 0.4) is 0 Å². The topological polar surface area (TPSA) is 96.6 Å². The summed E-state index contributed by atoms with van der Waals surface area (Å²) in [6.45, 7) is 1.30. The third-order valence-electron chi connectivity index (χ3n) is 5.18. The van der Waals surface area contributed by atoms with E-state index in [0.717, 1.165) is 4.52 Å². The van der Waals surface area contributed by atoms with Crippen LogP contribution in [0.1, 0.15) is 12.6 Å². The Morgan fingerprint density at radius 1 is 1.29 bits per heavy atom. The molecular formula is C19H20F4N6O2. The van der Waals surface area contributed by atoms with Crippen molar-refractivity contribution in [3.05, 3.63) is 36.2 Å². The van der Waals surface area contributed by atoms with Crippen molar-refractivity contribution < 1.29 is 27.4 Å². The Morgan fingerprint density at radius 2 is 2.06 bits per heavy atom. The molecule has 0 saturated carbocycles. The molecule has 166 valence electrons. The standard InChI is InChI=1S/C19H20F4N6O2/c1-18(30,19(21,22)23)17-14(31-2)6-16-25-9-13(29(16)28-17)11-4-3-5-15(26-11)27-12-8-24-7-10(12)20/h3-6,9-10,12,24,30H,7-8H2,1-2H3,(H,26,27)/t10-,12-,18?/m0/s1. The number of pyridine rings is 1. The molecule has 1 unspecified atom stereocenters. The molecule has 0 amide bonds. The molecule has 4 heterocycles. The fourth-order valence-electron chi connectivity index (χ4n) is 3.34. The summed E-state index contributed by atoms with van der Waals surface area (Å²) in [6, 6.07) is 5.78. The van der Waals surface area contributed by atoms with Crippen molar-refractivity contribution in [3.63, 3.8) is 0 Å². The van der Waals surface area contributed by atoms with Crippen LogP contribution in [0.2, 0.25) is 0 Å². The Balaban J connectivity index is 1.77. The number of methoxy groups -OCH3 is 1. The maximum atomic E-state index is 13.9. The number of halogens is 4. The Labute approximate surface area is 174 Å². The smallest absolute Gasteiger partial charge is 0.422 e. The zero-order valence-corrected chi connectivity index (χ0v) is 16.6. The maximum Gasteiger partial charge on any atom is 0.422 e. The molecule has 3 aromatic rings. The van der Waals surface area contributed by atoms with E-state index < -0.39 is 29.7 Å². The number of aliphatic hydroxyl groups is 1. The van der Waals surface area contributed by atoms with E-state index in [9.17, 15) is 22.7 Å². The number of hydrogen-bond donors (Lipinski definition) is 3. The minimum absolute atomic E-state index is 0.206. The normalized spacial score (nSPS) is 21.3. The second-order valence-corrected chi connectivity index (χ2v) is 7.38. The number of nitrogens with one attached hydrogen (secondary N) is 2. The van der Waals surface area contributed by atoms with Crippen molar-refractivity contribution in [1.82, 2.24) is 24.9 Å². The average molecular weight is 440 g/mol. The van der Waals surface area contributed by atoms with Crippen LogP contribution in [-0.2, 0) is 5.60 Å². The number of nitrogens with zero attached hydrogens (tertiary/aromatic N) is 4. The molecule has 1 saturated heterocycles. The lowest BCUT2D eigenvalue weighted by Crippen LogP contribution is -2.40. The van der Waals surface area contributed by atoms with Crippen LogP contribution < -0.4 is 15.4 Å². The molecule has 3 atom stereocenters. The van der Waals surface area contributed by atoms with E-state index >= 15 is 0 Å². The molecule has 3 N–H and O–H groups in total. The van der Waals surface area contributed by atoms with Gasteiger partial charge in [-0.2, -0.15) is 18.3 Å². The number of rotatable bonds is 5. The van der Waals surface area contributed by atoms with Gasteiger partial charge in [0.05, 0.1) is 25.0 Å². The van der Waals surface area contributed by atoms with Gasteiger partial charge in [0.1, 0.15) is 29.1 Å². The number of anilines is 1. The zero-order chi connectivity index (χ0) is 22.4. The molecule has 1 aliphatic rings. The lowest BCUT2D eigenvalue weighted by atomic mass is 10.0. The van der Waals surface area contributed by atoms with Gasteiger partial charge in [-0.15, -0.1) is 0 Å². The van der Waals surface area contributed by atoms with Crippen molar-refractivity contribution in [2.75, 3.05) is 25.5 Å². The first-order valence-corrected chi connectivity index (χ1v) is 9.43. The highest BCUT2D eigenvalue weighted by Crippen LogP contribution is 2.41. The van der Waals surface area contributed by atoms with Crippen molar-refractivity contribution in [2.45, 2.75) is 30.9 Å². The van der Waals surface area contributed by atoms with Gasteiger partial charge in [-0.3, -0.25) is 0 Å². The van der Waals surface area contributed by atoms with E-state index in [2.05, 4.69) is 25.7 Å². The van der Waals surface area contributed by atoms with Gasteiger partial charge in [-0.1, -0.05) is 6.07 Å². The number of hydrogen-bond acceptors (Lipinski definition) is 7. The zero-order valence-electron chi connectivity index (χ0n) is 16.6. The second kappa shape index (κ2) is 7.61. The molecule has 3 aromatic heterocycles. The van der Waals surface area contributed by atoms with Gasteiger partial charge in [0.25, 0.3) is 0 Å². The van der Waals surface area contributed by atoms with Crippen molar-refractivity contribution in [3.8, 4) is 17.1 Å². The largest absolute Gasteiger partial charge is 0.495 e. The summed E-state index contributed by atoms with van der Waals surface area (Å²) in [7, 11) is 1.18. The van der Waals surface area contributed by atoms with Crippen LogP contribution in [0, 0.1) is 0 Å². The molecule has 31 heavy (non-hydrogen) atoms. The number of ether oxygens (including phenoxy) is 1. The van der Waals surface area contributed by atoms with Gasteiger partial charge in [0.2, 0.25) is 5.60 Å². The van der Waals surface area contributed by atoms with E-state index in [0.29, 0.717) is 30.7 Å². The first-order valence-electron chi connectivity index (χ1n) is 9.43. The monoisotopic (exact) mass is 440 g/mol. The molecule has 12 heteroatoms. The van der Waals surface area contributed by atoms with Crippen LogP contribution in [0.4, 0.5) is 23.4 Å². The predicted molar refractivity (Wildman–Crippen MR) is 104 cm³/mol. The Hall–Kier alpha value is -2.99. The van der Waals surface area contributed by atoms with Crippen LogP contribution in [-0.4, -0.2) is 63.3 Å².